The number of aliphatic hydroxyl groups excluding tert-OH is 2. The van der Waals surface area contributed by atoms with Crippen molar-refractivity contribution in [3.05, 3.63) is 87.5 Å². The number of aromatic nitrogens is 3. The van der Waals surface area contributed by atoms with Crippen molar-refractivity contribution in [2.24, 2.45) is 0 Å². The van der Waals surface area contributed by atoms with Crippen LogP contribution in [0.4, 0.5) is 11.4 Å². The average Bonchev–Trinajstić information content (AvgIpc) is 3.10. The van der Waals surface area contributed by atoms with Gasteiger partial charge in [-0.3, -0.25) is 18.9 Å². The Labute approximate surface area is 194 Å². The second kappa shape index (κ2) is 10.5. The number of ether oxygens (including phenoxy) is 1. The molecule has 1 aliphatic heterocycles. The molecular formula is C21H23N4O8P. The lowest BCUT2D eigenvalue weighted by Gasteiger charge is -2.18. The predicted molar refractivity (Wildman–Crippen MR) is 121 cm³/mol. The summed E-state index contributed by atoms with van der Waals surface area (Å²) >= 11 is 0. The zero-order valence-corrected chi connectivity index (χ0v) is 18.6. The molecule has 1 aromatic carbocycles. The summed E-state index contributed by atoms with van der Waals surface area (Å²) in [5, 5.41) is 23.8. The van der Waals surface area contributed by atoms with E-state index in [1.165, 1.54) is 0 Å². The molecule has 34 heavy (non-hydrogen) atoms. The molecule has 1 aliphatic rings. The number of anilines is 2. The Hall–Kier alpha value is -2.96. The fourth-order valence-electron chi connectivity index (χ4n) is 3.60. The fourth-order valence-corrected chi connectivity index (χ4v) is 3.88. The number of nitrogens with one attached hydrogen (secondary N) is 1. The van der Waals surface area contributed by atoms with E-state index in [0.717, 1.165) is 27.1 Å². The number of rotatable bonds is 8. The van der Waals surface area contributed by atoms with Crippen LogP contribution in [-0.2, 0) is 15.8 Å². The van der Waals surface area contributed by atoms with E-state index in [1.54, 1.807) is 18.3 Å². The van der Waals surface area contributed by atoms with Crippen LogP contribution in [0.2, 0.25) is 0 Å². The molecule has 0 spiro atoms. The summed E-state index contributed by atoms with van der Waals surface area (Å²) in [7, 11) is -2.68. The molecule has 2 aromatic heterocycles. The SMILES string of the molecule is O=c1ccn(C2OC(COP(O)O)C(O)C2O)c(=O)n1Cc1cc(Nc2ccccc2)ccn1. The van der Waals surface area contributed by atoms with Crippen LogP contribution in [0.5, 0.6) is 0 Å². The first kappa shape index (κ1) is 24.2. The van der Waals surface area contributed by atoms with Crippen molar-refractivity contribution in [1.82, 2.24) is 14.1 Å². The molecule has 5 N–H and O–H groups in total. The number of aliphatic hydroxyl groups is 2. The zero-order valence-electron chi connectivity index (χ0n) is 17.7. The van der Waals surface area contributed by atoms with Gasteiger partial charge in [-0.1, -0.05) is 18.2 Å². The Kier molecular flexibility index (Phi) is 7.49. The number of hydrogen-bond donors (Lipinski definition) is 5. The molecule has 0 amide bonds. The van der Waals surface area contributed by atoms with Crippen molar-refractivity contribution in [3.63, 3.8) is 0 Å². The van der Waals surface area contributed by atoms with Crippen LogP contribution in [0.15, 0.2) is 70.5 Å². The lowest BCUT2D eigenvalue weighted by Crippen LogP contribution is -2.43. The number of para-hydroxylation sites is 1. The second-order valence-corrected chi connectivity index (χ2v) is 8.32. The number of nitrogens with zero attached hydrogens (tertiary/aromatic N) is 3. The molecule has 1 fully saturated rings. The quantitative estimate of drug-likeness (QED) is 0.272. The van der Waals surface area contributed by atoms with Gasteiger partial charge in [0.2, 0.25) is 0 Å². The monoisotopic (exact) mass is 490 g/mol. The van der Waals surface area contributed by atoms with Crippen molar-refractivity contribution in [1.29, 1.82) is 0 Å². The molecule has 0 saturated carbocycles. The highest BCUT2D eigenvalue weighted by Crippen LogP contribution is 2.32. The van der Waals surface area contributed by atoms with Crippen LogP contribution in [-0.4, -0.2) is 59.0 Å². The molecule has 0 aliphatic carbocycles. The fraction of sp³-hybridized carbons (Fsp3) is 0.286. The maximum atomic E-state index is 13.1. The van der Waals surface area contributed by atoms with Crippen LogP contribution >= 0.6 is 8.60 Å². The third kappa shape index (κ3) is 5.40. The first-order valence-corrected chi connectivity index (χ1v) is 11.4. The summed E-state index contributed by atoms with van der Waals surface area (Å²) in [6.07, 6.45) is -2.68. The standard InChI is InChI=1S/C21H23N4O8P/c26-17-7-9-24(20-19(28)18(27)16(33-20)12-32-34(30)31)21(29)25(17)11-15-10-14(6-8-22-15)23-13-4-2-1-3-5-13/h1-10,16,18-20,27-28,30-31H,11-12H2,(H,22,23). The second-order valence-electron chi connectivity index (χ2n) is 7.55. The van der Waals surface area contributed by atoms with E-state index in [4.69, 9.17) is 14.5 Å². The first-order chi connectivity index (χ1) is 16.3. The van der Waals surface area contributed by atoms with Gasteiger partial charge in [0, 0.05) is 29.8 Å². The van der Waals surface area contributed by atoms with E-state index >= 15 is 0 Å². The minimum Gasteiger partial charge on any atom is -0.387 e. The van der Waals surface area contributed by atoms with Crippen LogP contribution in [0.3, 0.4) is 0 Å². The van der Waals surface area contributed by atoms with Gasteiger partial charge in [-0.25, -0.2) is 4.79 Å². The molecule has 3 heterocycles. The molecule has 3 aromatic rings. The van der Waals surface area contributed by atoms with E-state index in [1.807, 2.05) is 30.3 Å². The zero-order chi connectivity index (χ0) is 24.2. The van der Waals surface area contributed by atoms with E-state index in [0.29, 0.717) is 11.4 Å². The summed E-state index contributed by atoms with van der Waals surface area (Å²) in [6, 6.07) is 14.0. The third-order valence-corrected chi connectivity index (χ3v) is 5.64. The van der Waals surface area contributed by atoms with Crippen molar-refractivity contribution < 1.29 is 29.3 Å². The Morgan fingerprint density at radius 1 is 1.06 bits per heavy atom. The van der Waals surface area contributed by atoms with E-state index in [9.17, 15) is 19.8 Å². The lowest BCUT2D eigenvalue weighted by molar-refractivity contribution is -0.0531. The van der Waals surface area contributed by atoms with Crippen molar-refractivity contribution >= 4 is 20.0 Å². The van der Waals surface area contributed by atoms with Gasteiger partial charge >= 0.3 is 14.3 Å². The van der Waals surface area contributed by atoms with Crippen molar-refractivity contribution in [2.75, 3.05) is 11.9 Å². The highest BCUT2D eigenvalue weighted by atomic mass is 31.2. The topological polar surface area (TPSA) is 168 Å². The average molecular weight is 490 g/mol. The Bertz CT molecular complexity index is 1240. The molecule has 12 nitrogen and oxygen atoms in total. The van der Waals surface area contributed by atoms with Gasteiger partial charge in [0.25, 0.3) is 5.56 Å². The van der Waals surface area contributed by atoms with Crippen LogP contribution in [0.25, 0.3) is 0 Å². The van der Waals surface area contributed by atoms with Gasteiger partial charge in [-0.15, -0.1) is 0 Å². The van der Waals surface area contributed by atoms with E-state index in [-0.39, 0.29) is 6.54 Å². The van der Waals surface area contributed by atoms with Crippen molar-refractivity contribution in [2.45, 2.75) is 31.1 Å². The number of pyridine rings is 1. The minimum atomic E-state index is -2.68. The molecule has 180 valence electrons. The molecule has 0 bridgehead atoms. The van der Waals surface area contributed by atoms with E-state index < -0.39 is 51.0 Å². The van der Waals surface area contributed by atoms with Crippen LogP contribution in [0, 0.1) is 0 Å². The van der Waals surface area contributed by atoms with Crippen molar-refractivity contribution in [3.8, 4) is 0 Å². The normalized spacial score (nSPS) is 22.3. The summed E-state index contributed by atoms with van der Waals surface area (Å²) in [5.74, 6) is 0. The lowest BCUT2D eigenvalue weighted by atomic mass is 10.1. The largest absolute Gasteiger partial charge is 0.387 e. The molecule has 1 saturated heterocycles. The molecule has 4 rings (SSSR count). The van der Waals surface area contributed by atoms with Gasteiger partial charge < -0.3 is 34.6 Å². The Morgan fingerprint density at radius 2 is 1.82 bits per heavy atom. The first-order valence-electron chi connectivity index (χ1n) is 10.2. The summed E-state index contributed by atoms with van der Waals surface area (Å²) < 4.78 is 12.1. The summed E-state index contributed by atoms with van der Waals surface area (Å²) in [4.78, 5) is 47.6. The maximum absolute atomic E-state index is 13.1. The molecule has 13 heteroatoms. The number of hydrogen-bond acceptors (Lipinski definition) is 10. The molecule has 4 unspecified atom stereocenters. The van der Waals surface area contributed by atoms with Gasteiger partial charge in [0.1, 0.15) is 18.3 Å². The van der Waals surface area contributed by atoms with Crippen LogP contribution in [0.1, 0.15) is 11.9 Å². The molecule has 0 radical (unpaired) electrons. The summed E-state index contributed by atoms with van der Waals surface area (Å²) in [5.41, 5.74) is 0.659. The molecule has 4 atom stereocenters. The van der Waals surface area contributed by atoms with Gasteiger partial charge in [-0.2, -0.15) is 0 Å². The summed E-state index contributed by atoms with van der Waals surface area (Å²) in [6.45, 7) is -0.549. The van der Waals surface area contributed by atoms with Crippen LogP contribution < -0.4 is 16.6 Å². The third-order valence-electron chi connectivity index (χ3n) is 5.26. The van der Waals surface area contributed by atoms with Gasteiger partial charge in [0.15, 0.2) is 6.23 Å². The number of benzene rings is 1. The predicted octanol–water partition coefficient (Wildman–Crippen LogP) is 0.0442. The van der Waals surface area contributed by atoms with Gasteiger partial charge in [-0.05, 0) is 24.3 Å². The highest BCUT2D eigenvalue weighted by molar-refractivity contribution is 7.39. The smallest absolute Gasteiger partial charge is 0.333 e. The molecular weight excluding hydrogens is 467 g/mol. The Balaban J connectivity index is 1.56. The Morgan fingerprint density at radius 3 is 2.56 bits per heavy atom. The highest BCUT2D eigenvalue weighted by Gasteiger charge is 2.44. The van der Waals surface area contributed by atoms with Gasteiger partial charge in [0.05, 0.1) is 18.8 Å². The minimum absolute atomic E-state index is 0.139. The van der Waals surface area contributed by atoms with E-state index in [2.05, 4.69) is 14.8 Å². The maximum Gasteiger partial charge on any atom is 0.333 e.